The molecule has 4 aromatic heterocycles. The fourth-order valence-electron chi connectivity index (χ4n) is 6.33. The lowest BCUT2D eigenvalue weighted by atomic mass is 9.59. The highest BCUT2D eigenvalue weighted by atomic mass is 19.2. The number of rotatable bonds is 4. The molecule has 0 bridgehead atoms. The van der Waals surface area contributed by atoms with E-state index in [1.54, 1.807) is 32.6 Å². The summed E-state index contributed by atoms with van der Waals surface area (Å²) in [5.41, 5.74) is 8.42. The number of hydrogen-bond acceptors (Lipinski definition) is 7. The number of fused-ring (bicyclic) bond motifs is 4. The van der Waals surface area contributed by atoms with Crippen molar-refractivity contribution in [1.29, 1.82) is 0 Å². The summed E-state index contributed by atoms with van der Waals surface area (Å²) in [6, 6.07) is 2.75. The van der Waals surface area contributed by atoms with Crippen molar-refractivity contribution in [1.82, 2.24) is 19.5 Å². The molecule has 1 unspecified atom stereocenters. The fourth-order valence-corrected chi connectivity index (χ4v) is 6.33. The number of nitrogens with one attached hydrogen (secondary N) is 2. The van der Waals surface area contributed by atoms with Crippen LogP contribution in [0.2, 0.25) is 0 Å². The second-order valence-electron chi connectivity index (χ2n) is 10.8. The molecule has 12 heteroatoms. The highest BCUT2D eigenvalue weighted by Crippen LogP contribution is 2.52. The van der Waals surface area contributed by atoms with Crippen LogP contribution >= 0.6 is 0 Å². The Labute approximate surface area is 225 Å². The van der Waals surface area contributed by atoms with Gasteiger partial charge in [-0.15, -0.1) is 0 Å². The summed E-state index contributed by atoms with van der Waals surface area (Å²) < 4.78 is 31.8. The van der Waals surface area contributed by atoms with Crippen LogP contribution in [-0.4, -0.2) is 56.8 Å². The van der Waals surface area contributed by atoms with Crippen molar-refractivity contribution in [3.05, 3.63) is 58.1 Å². The van der Waals surface area contributed by atoms with Gasteiger partial charge in [0, 0.05) is 74.4 Å². The van der Waals surface area contributed by atoms with Crippen molar-refractivity contribution in [2.75, 3.05) is 30.4 Å². The first-order valence-electron chi connectivity index (χ1n) is 12.9. The van der Waals surface area contributed by atoms with E-state index in [2.05, 4.69) is 25.2 Å². The number of anilines is 2. The number of nitrogens with zero attached hydrogens (tertiary/aromatic N) is 4. The zero-order valence-corrected chi connectivity index (χ0v) is 21.7. The van der Waals surface area contributed by atoms with Gasteiger partial charge in [0.1, 0.15) is 16.9 Å². The van der Waals surface area contributed by atoms with E-state index in [1.165, 1.54) is 10.8 Å². The Morgan fingerprint density at radius 3 is 2.65 bits per heavy atom. The SMILES string of the molecule is CNc1cc(F)c(F)c2c1[nH]c1ncc(-c3cnc4c(c3)c(=O)c(C(=O)O)cn4C)c(N3CC4(CCC4N)C3)c12. The molecule has 204 valence electrons. The minimum Gasteiger partial charge on any atom is -0.477 e. The van der Waals surface area contributed by atoms with E-state index in [-0.39, 0.29) is 27.8 Å². The summed E-state index contributed by atoms with van der Waals surface area (Å²) in [5.74, 6) is -3.32. The van der Waals surface area contributed by atoms with Crippen LogP contribution in [0.4, 0.5) is 20.2 Å². The lowest BCUT2D eigenvalue weighted by molar-refractivity contribution is 0.0567. The van der Waals surface area contributed by atoms with Crippen LogP contribution in [0.5, 0.6) is 0 Å². The van der Waals surface area contributed by atoms with Gasteiger partial charge in [-0.1, -0.05) is 0 Å². The molecule has 10 nitrogen and oxygen atoms in total. The molecule has 5 N–H and O–H groups in total. The van der Waals surface area contributed by atoms with Crippen LogP contribution in [0.1, 0.15) is 23.2 Å². The maximum atomic E-state index is 15.5. The Hall–Kier alpha value is -4.58. The minimum atomic E-state index is -1.34. The van der Waals surface area contributed by atoms with Crippen molar-refractivity contribution >= 4 is 50.3 Å². The van der Waals surface area contributed by atoms with Gasteiger partial charge in [-0.2, -0.15) is 0 Å². The van der Waals surface area contributed by atoms with E-state index < -0.39 is 23.0 Å². The Kier molecular flexibility index (Phi) is 5.02. The van der Waals surface area contributed by atoms with E-state index in [0.717, 1.165) is 18.9 Å². The van der Waals surface area contributed by atoms with Crippen LogP contribution in [0.25, 0.3) is 44.1 Å². The second-order valence-corrected chi connectivity index (χ2v) is 10.8. The predicted octanol–water partition coefficient (Wildman–Crippen LogP) is 3.58. The third-order valence-corrected chi connectivity index (χ3v) is 8.66. The van der Waals surface area contributed by atoms with E-state index >= 15 is 4.39 Å². The standard InChI is InChI=1S/C28H25F2N7O3/c1-32-17-6-16(29)21(30)19-20-23(37-10-28(11-37)4-3-18(28)31)14(8-33-25(20)35-22(17)19)12-5-13-24(38)15(27(39)40)9-36(2)26(13)34-7-12/h5-9,18,32H,3-4,10-11,31H2,1-2H3,(H,33,35)(H,39,40). The molecule has 1 aliphatic heterocycles. The highest BCUT2D eigenvalue weighted by molar-refractivity contribution is 6.18. The molecule has 1 saturated heterocycles. The smallest absolute Gasteiger partial charge is 0.341 e. The molecule has 2 aliphatic rings. The lowest BCUT2D eigenvalue weighted by Crippen LogP contribution is -2.69. The molecule has 1 spiro atoms. The number of aromatic carboxylic acids is 1. The second kappa shape index (κ2) is 8.21. The van der Waals surface area contributed by atoms with Crippen LogP contribution in [0, 0.1) is 17.0 Å². The van der Waals surface area contributed by atoms with E-state index in [9.17, 15) is 19.1 Å². The molecule has 40 heavy (non-hydrogen) atoms. The molecule has 0 amide bonds. The number of aromatic nitrogens is 4. The summed E-state index contributed by atoms with van der Waals surface area (Å²) in [6.45, 7) is 1.27. The summed E-state index contributed by atoms with van der Waals surface area (Å²) in [4.78, 5) is 39.1. The Morgan fingerprint density at radius 1 is 1.23 bits per heavy atom. The van der Waals surface area contributed by atoms with Crippen LogP contribution < -0.4 is 21.4 Å². The van der Waals surface area contributed by atoms with Gasteiger partial charge in [0.05, 0.1) is 33.1 Å². The van der Waals surface area contributed by atoms with Crippen molar-refractivity contribution in [2.24, 2.45) is 18.2 Å². The number of nitrogens with two attached hydrogens (primary N) is 1. The molecular weight excluding hydrogens is 520 g/mol. The van der Waals surface area contributed by atoms with Crippen LogP contribution in [-0.2, 0) is 7.05 Å². The van der Waals surface area contributed by atoms with Gasteiger partial charge in [-0.3, -0.25) is 4.79 Å². The third-order valence-electron chi connectivity index (χ3n) is 8.66. The largest absolute Gasteiger partial charge is 0.477 e. The van der Waals surface area contributed by atoms with Gasteiger partial charge >= 0.3 is 5.97 Å². The highest BCUT2D eigenvalue weighted by Gasteiger charge is 2.53. The maximum absolute atomic E-state index is 15.5. The number of pyridine rings is 3. The minimum absolute atomic E-state index is 0.0349. The van der Waals surface area contributed by atoms with Crippen LogP contribution in [0.3, 0.4) is 0 Å². The Balaban J connectivity index is 1.53. The topological polar surface area (TPSA) is 142 Å². The molecule has 0 radical (unpaired) electrons. The molecule has 1 aliphatic carbocycles. The Bertz CT molecular complexity index is 1980. The average molecular weight is 546 g/mol. The molecule has 1 atom stereocenters. The fraction of sp³-hybridized carbons (Fsp3) is 0.286. The van der Waals surface area contributed by atoms with Crippen molar-refractivity contribution in [2.45, 2.75) is 18.9 Å². The number of benzene rings is 1. The van der Waals surface area contributed by atoms with E-state index in [4.69, 9.17) is 5.73 Å². The van der Waals surface area contributed by atoms with Gasteiger partial charge in [-0.05, 0) is 18.9 Å². The first-order valence-corrected chi connectivity index (χ1v) is 12.9. The Morgan fingerprint density at radius 2 is 2.00 bits per heavy atom. The number of H-pyrrole nitrogens is 1. The number of aromatic amines is 1. The summed E-state index contributed by atoms with van der Waals surface area (Å²) in [5, 5.41) is 13.1. The zero-order chi connectivity index (χ0) is 28.1. The zero-order valence-electron chi connectivity index (χ0n) is 21.7. The quantitative estimate of drug-likeness (QED) is 0.269. The lowest BCUT2D eigenvalue weighted by Gasteiger charge is -2.60. The molecule has 7 rings (SSSR count). The number of carbonyl (C=O) groups is 1. The maximum Gasteiger partial charge on any atom is 0.341 e. The first kappa shape index (κ1) is 24.5. The van der Waals surface area contributed by atoms with Crippen LogP contribution in [0.15, 0.2) is 35.5 Å². The molecule has 1 saturated carbocycles. The van der Waals surface area contributed by atoms with Gasteiger partial charge in [-0.25, -0.2) is 23.5 Å². The number of carboxylic acid groups (broad SMARTS) is 1. The van der Waals surface area contributed by atoms with Crippen molar-refractivity contribution < 1.29 is 18.7 Å². The molecule has 1 aromatic carbocycles. The molecule has 5 heterocycles. The summed E-state index contributed by atoms with van der Waals surface area (Å²) in [6.07, 6.45) is 6.35. The molecule has 2 fully saturated rings. The van der Waals surface area contributed by atoms with E-state index in [0.29, 0.717) is 57.8 Å². The normalized spacial score (nSPS) is 17.9. The predicted molar refractivity (Wildman–Crippen MR) is 148 cm³/mol. The van der Waals surface area contributed by atoms with Gasteiger partial charge in [0.2, 0.25) is 5.43 Å². The summed E-state index contributed by atoms with van der Waals surface area (Å²) in [7, 11) is 3.24. The van der Waals surface area contributed by atoms with Gasteiger partial charge < -0.3 is 30.6 Å². The van der Waals surface area contributed by atoms with E-state index in [1.807, 2.05) is 0 Å². The molecular formula is C28H25F2N7O3. The van der Waals surface area contributed by atoms with Gasteiger partial charge in [0.15, 0.2) is 11.6 Å². The number of carboxylic acids is 1. The van der Waals surface area contributed by atoms with Gasteiger partial charge in [0.25, 0.3) is 0 Å². The van der Waals surface area contributed by atoms with Crippen molar-refractivity contribution in [3.63, 3.8) is 0 Å². The third kappa shape index (κ3) is 3.16. The van der Waals surface area contributed by atoms with Crippen molar-refractivity contribution in [3.8, 4) is 11.1 Å². The number of halogens is 2. The summed E-state index contributed by atoms with van der Waals surface area (Å²) >= 11 is 0. The monoisotopic (exact) mass is 545 g/mol. The first-order chi connectivity index (χ1) is 19.1. The average Bonchev–Trinajstić information content (AvgIpc) is 3.31. The number of hydrogen-bond donors (Lipinski definition) is 4. The molecule has 5 aromatic rings. The number of aryl methyl sites for hydroxylation is 1.